The van der Waals surface area contributed by atoms with E-state index < -0.39 is 0 Å². The first-order valence-electron chi connectivity index (χ1n) is 9.96. The molecule has 0 atom stereocenters. The number of hydrogen-bond donors (Lipinski definition) is 0. The number of benzene rings is 2. The standard InChI is InChI=1S/C23H30N2O3/c1-19-6-9-21(10-7-19)28-17-16-24-12-14-25(15-13-24)23(26)11-8-20-4-3-5-22(18-20)27-2/h3-7,9-10,18H,8,11-17H2,1-2H3. The molecule has 5 nitrogen and oxygen atoms in total. The lowest BCUT2D eigenvalue weighted by atomic mass is 10.1. The second-order valence-electron chi connectivity index (χ2n) is 7.24. The highest BCUT2D eigenvalue weighted by Gasteiger charge is 2.20. The molecule has 2 aromatic rings. The maximum Gasteiger partial charge on any atom is 0.222 e. The number of piperazine rings is 1. The van der Waals surface area contributed by atoms with Gasteiger partial charge in [-0.2, -0.15) is 0 Å². The Morgan fingerprint density at radius 2 is 1.75 bits per heavy atom. The van der Waals surface area contributed by atoms with Crippen LogP contribution in [-0.4, -0.2) is 62.1 Å². The minimum atomic E-state index is 0.235. The Labute approximate surface area is 167 Å². The molecule has 1 amide bonds. The van der Waals surface area contributed by atoms with Gasteiger partial charge in [0.1, 0.15) is 18.1 Å². The van der Waals surface area contributed by atoms with Gasteiger partial charge in [0.2, 0.25) is 5.91 Å². The van der Waals surface area contributed by atoms with E-state index in [2.05, 4.69) is 24.0 Å². The van der Waals surface area contributed by atoms with Gasteiger partial charge in [0.15, 0.2) is 0 Å². The van der Waals surface area contributed by atoms with Gasteiger partial charge in [0.25, 0.3) is 0 Å². The number of amides is 1. The van der Waals surface area contributed by atoms with Gasteiger partial charge in [-0.3, -0.25) is 9.69 Å². The quantitative estimate of drug-likeness (QED) is 0.703. The maximum absolute atomic E-state index is 12.5. The summed E-state index contributed by atoms with van der Waals surface area (Å²) in [6, 6.07) is 16.1. The third-order valence-corrected chi connectivity index (χ3v) is 5.18. The van der Waals surface area contributed by atoms with Crippen LogP contribution >= 0.6 is 0 Å². The zero-order valence-electron chi connectivity index (χ0n) is 16.9. The molecule has 1 aliphatic rings. The van der Waals surface area contributed by atoms with Gasteiger partial charge >= 0.3 is 0 Å². The van der Waals surface area contributed by atoms with Gasteiger partial charge in [-0.25, -0.2) is 0 Å². The summed E-state index contributed by atoms with van der Waals surface area (Å²) in [5.41, 5.74) is 2.37. The summed E-state index contributed by atoms with van der Waals surface area (Å²) in [7, 11) is 1.66. The number of aryl methyl sites for hydroxylation is 2. The van der Waals surface area contributed by atoms with Crippen molar-refractivity contribution in [3.63, 3.8) is 0 Å². The van der Waals surface area contributed by atoms with Crippen LogP contribution < -0.4 is 9.47 Å². The van der Waals surface area contributed by atoms with E-state index in [-0.39, 0.29) is 5.91 Å². The van der Waals surface area contributed by atoms with Crippen molar-refractivity contribution in [2.45, 2.75) is 19.8 Å². The molecular formula is C23H30N2O3. The minimum absolute atomic E-state index is 0.235. The summed E-state index contributed by atoms with van der Waals surface area (Å²) in [6.45, 7) is 7.03. The molecule has 0 aromatic heterocycles. The molecule has 150 valence electrons. The van der Waals surface area contributed by atoms with Crippen LogP contribution in [-0.2, 0) is 11.2 Å². The van der Waals surface area contributed by atoms with Crippen LogP contribution in [0.4, 0.5) is 0 Å². The van der Waals surface area contributed by atoms with E-state index in [0.29, 0.717) is 13.0 Å². The van der Waals surface area contributed by atoms with Crippen LogP contribution in [0.2, 0.25) is 0 Å². The van der Waals surface area contributed by atoms with Gasteiger partial charge in [-0.05, 0) is 43.2 Å². The van der Waals surface area contributed by atoms with Crippen LogP contribution in [0.25, 0.3) is 0 Å². The lowest BCUT2D eigenvalue weighted by molar-refractivity contribution is -0.132. The highest BCUT2D eigenvalue weighted by molar-refractivity contribution is 5.76. The summed E-state index contributed by atoms with van der Waals surface area (Å²) >= 11 is 0. The molecule has 0 bridgehead atoms. The summed E-state index contributed by atoms with van der Waals surface area (Å²) in [5, 5.41) is 0. The van der Waals surface area contributed by atoms with Crippen molar-refractivity contribution < 1.29 is 14.3 Å². The minimum Gasteiger partial charge on any atom is -0.497 e. The Morgan fingerprint density at radius 1 is 1.00 bits per heavy atom. The molecule has 3 rings (SSSR count). The third-order valence-electron chi connectivity index (χ3n) is 5.18. The maximum atomic E-state index is 12.5. The summed E-state index contributed by atoms with van der Waals surface area (Å²) in [6.07, 6.45) is 1.30. The Balaban J connectivity index is 1.34. The molecule has 1 aliphatic heterocycles. The second kappa shape index (κ2) is 10.1. The number of rotatable bonds is 8. The predicted octanol–water partition coefficient (Wildman–Crippen LogP) is 3.16. The molecule has 1 fully saturated rings. The molecule has 0 saturated carbocycles. The van der Waals surface area contributed by atoms with Crippen LogP contribution in [0, 0.1) is 6.92 Å². The van der Waals surface area contributed by atoms with E-state index in [0.717, 1.165) is 56.2 Å². The van der Waals surface area contributed by atoms with E-state index in [1.54, 1.807) is 7.11 Å². The normalized spacial score (nSPS) is 14.7. The third kappa shape index (κ3) is 5.99. The van der Waals surface area contributed by atoms with Gasteiger partial charge in [0.05, 0.1) is 7.11 Å². The average Bonchev–Trinajstić information content (AvgIpc) is 2.74. The van der Waals surface area contributed by atoms with Gasteiger partial charge < -0.3 is 14.4 Å². The van der Waals surface area contributed by atoms with Crippen LogP contribution in [0.3, 0.4) is 0 Å². The van der Waals surface area contributed by atoms with Crippen molar-refractivity contribution in [1.82, 2.24) is 9.80 Å². The van der Waals surface area contributed by atoms with Crippen molar-refractivity contribution in [1.29, 1.82) is 0 Å². The summed E-state index contributed by atoms with van der Waals surface area (Å²) in [5.74, 6) is 1.99. The number of ether oxygens (including phenoxy) is 2. The fraction of sp³-hybridized carbons (Fsp3) is 0.435. The molecule has 5 heteroatoms. The van der Waals surface area contributed by atoms with E-state index in [1.165, 1.54) is 5.56 Å². The van der Waals surface area contributed by atoms with E-state index >= 15 is 0 Å². The number of methoxy groups -OCH3 is 1. The van der Waals surface area contributed by atoms with E-state index in [1.807, 2.05) is 41.3 Å². The zero-order chi connectivity index (χ0) is 19.8. The molecule has 28 heavy (non-hydrogen) atoms. The molecular weight excluding hydrogens is 352 g/mol. The molecule has 0 unspecified atom stereocenters. The first-order chi connectivity index (χ1) is 13.6. The van der Waals surface area contributed by atoms with Crippen molar-refractivity contribution in [3.05, 3.63) is 59.7 Å². The Kier molecular flexibility index (Phi) is 7.31. The van der Waals surface area contributed by atoms with Gasteiger partial charge in [-0.15, -0.1) is 0 Å². The molecule has 1 saturated heterocycles. The molecule has 0 N–H and O–H groups in total. The van der Waals surface area contributed by atoms with Crippen molar-refractivity contribution in [3.8, 4) is 11.5 Å². The molecule has 0 aliphatic carbocycles. The lowest BCUT2D eigenvalue weighted by Gasteiger charge is -2.34. The van der Waals surface area contributed by atoms with Crippen LogP contribution in [0.15, 0.2) is 48.5 Å². The number of carbonyl (C=O) groups excluding carboxylic acids is 1. The average molecular weight is 383 g/mol. The van der Waals surface area contributed by atoms with Crippen molar-refractivity contribution in [2.24, 2.45) is 0 Å². The van der Waals surface area contributed by atoms with Crippen LogP contribution in [0.1, 0.15) is 17.5 Å². The summed E-state index contributed by atoms with van der Waals surface area (Å²) < 4.78 is 11.1. The number of nitrogens with zero attached hydrogens (tertiary/aromatic N) is 2. The summed E-state index contributed by atoms with van der Waals surface area (Å²) in [4.78, 5) is 16.9. The monoisotopic (exact) mass is 382 g/mol. The topological polar surface area (TPSA) is 42.0 Å². The Bertz CT molecular complexity index is 753. The molecule has 1 heterocycles. The highest BCUT2D eigenvalue weighted by atomic mass is 16.5. The lowest BCUT2D eigenvalue weighted by Crippen LogP contribution is -2.49. The van der Waals surface area contributed by atoms with Crippen molar-refractivity contribution >= 4 is 5.91 Å². The van der Waals surface area contributed by atoms with Crippen molar-refractivity contribution in [2.75, 3.05) is 46.4 Å². The first-order valence-corrected chi connectivity index (χ1v) is 9.96. The van der Waals surface area contributed by atoms with E-state index in [9.17, 15) is 4.79 Å². The number of carbonyl (C=O) groups is 1. The molecule has 2 aromatic carbocycles. The number of hydrogen-bond acceptors (Lipinski definition) is 4. The molecule has 0 radical (unpaired) electrons. The largest absolute Gasteiger partial charge is 0.497 e. The highest BCUT2D eigenvalue weighted by Crippen LogP contribution is 2.15. The predicted molar refractivity (Wildman–Crippen MR) is 111 cm³/mol. The van der Waals surface area contributed by atoms with E-state index in [4.69, 9.17) is 9.47 Å². The first kappa shape index (κ1) is 20.2. The molecule has 0 spiro atoms. The fourth-order valence-corrected chi connectivity index (χ4v) is 3.39. The van der Waals surface area contributed by atoms with Gasteiger partial charge in [0, 0.05) is 39.1 Å². The second-order valence-corrected chi connectivity index (χ2v) is 7.24. The SMILES string of the molecule is COc1cccc(CCC(=O)N2CCN(CCOc3ccc(C)cc3)CC2)c1. The Morgan fingerprint density at radius 3 is 2.46 bits per heavy atom. The Hall–Kier alpha value is -2.53. The van der Waals surface area contributed by atoms with Crippen LogP contribution in [0.5, 0.6) is 11.5 Å². The zero-order valence-corrected chi connectivity index (χ0v) is 16.9. The smallest absolute Gasteiger partial charge is 0.222 e. The van der Waals surface area contributed by atoms with Gasteiger partial charge in [-0.1, -0.05) is 29.8 Å². The fourth-order valence-electron chi connectivity index (χ4n) is 3.39.